The minimum absolute atomic E-state index is 0.00275. The van der Waals surface area contributed by atoms with E-state index < -0.39 is 95.7 Å². The molecule has 0 spiro atoms. The Morgan fingerprint density at radius 3 is 1.57 bits per heavy atom. The van der Waals surface area contributed by atoms with Gasteiger partial charge in [-0.1, -0.05) is 138 Å². The van der Waals surface area contributed by atoms with Crippen molar-refractivity contribution >= 4 is 27.6 Å². The molecule has 398 valence electrons. The van der Waals surface area contributed by atoms with Gasteiger partial charge in [0, 0.05) is 12.8 Å². The average Bonchev–Trinajstić information content (AvgIpc) is 3.30. The number of hydrogen-bond donors (Lipinski definition) is 9. The van der Waals surface area contributed by atoms with Gasteiger partial charge in [0.1, 0.15) is 43.2 Å². The van der Waals surface area contributed by atoms with Crippen molar-refractivity contribution in [2.45, 2.75) is 210 Å². The normalized spacial score (nSPS) is 22.7. The first kappa shape index (κ1) is 64.4. The van der Waals surface area contributed by atoms with Crippen molar-refractivity contribution in [1.82, 2.24) is 0 Å². The molecule has 0 aromatic rings. The molecule has 0 aromatic heterocycles. The SMILES string of the molecule is CCCCC/C=C\C/C=C\C/C=C\C/C=C\C/C=C\CCC(=O)O[C@H](COC(=O)CCCCCCC[C@@H](O)[C@H](O)C/C=C\CCCCC)COP(=O)(O)O[C@H]1C(O)C(O)C(O)[C@@H](OP(=O)(O)O)C1O. The first-order chi connectivity index (χ1) is 32.9. The highest BCUT2D eigenvalue weighted by Crippen LogP contribution is 2.49. The lowest BCUT2D eigenvalue weighted by Crippen LogP contribution is -2.64. The van der Waals surface area contributed by atoms with Gasteiger partial charge in [-0.25, -0.2) is 9.13 Å². The highest BCUT2D eigenvalue weighted by Gasteiger charge is 2.54. The highest BCUT2D eigenvalue weighted by molar-refractivity contribution is 7.47. The number of aliphatic hydroxyl groups is 6. The third kappa shape index (κ3) is 32.9. The Balaban J connectivity index is 2.68. The first-order valence-corrected chi connectivity index (χ1v) is 27.7. The Labute approximate surface area is 409 Å². The summed E-state index contributed by atoms with van der Waals surface area (Å²) in [5, 5.41) is 61.8. The summed E-state index contributed by atoms with van der Waals surface area (Å²) < 4.78 is 49.2. The van der Waals surface area contributed by atoms with Crippen LogP contribution in [0.25, 0.3) is 0 Å². The van der Waals surface area contributed by atoms with Gasteiger partial charge in [-0.2, -0.15) is 0 Å². The number of unbranched alkanes of at least 4 members (excludes halogenated alkanes) is 10. The quantitative estimate of drug-likeness (QED) is 0.0124. The third-order valence-corrected chi connectivity index (χ3v) is 12.5. The molecule has 20 heteroatoms. The molecule has 0 heterocycles. The lowest BCUT2D eigenvalue weighted by molar-refractivity contribution is -0.216. The molecule has 9 N–H and O–H groups in total. The van der Waals surface area contributed by atoms with E-state index in [1.807, 2.05) is 30.4 Å². The number of ether oxygens (including phenoxy) is 2. The number of phosphoric acid groups is 2. The van der Waals surface area contributed by atoms with Crippen LogP contribution in [-0.4, -0.2) is 125 Å². The Hall–Kier alpha value is -2.64. The van der Waals surface area contributed by atoms with Crippen molar-refractivity contribution in [1.29, 1.82) is 0 Å². The highest BCUT2D eigenvalue weighted by atomic mass is 31.2. The number of esters is 2. The maximum absolute atomic E-state index is 13.0. The molecular weight excluding hydrogens is 938 g/mol. The zero-order valence-corrected chi connectivity index (χ0v) is 42.5. The summed E-state index contributed by atoms with van der Waals surface area (Å²) in [5.74, 6) is -1.42. The number of aliphatic hydroxyl groups excluding tert-OH is 6. The Morgan fingerprint density at radius 2 is 1.01 bits per heavy atom. The van der Waals surface area contributed by atoms with Crippen molar-refractivity contribution < 1.29 is 87.1 Å². The summed E-state index contributed by atoms with van der Waals surface area (Å²) in [7, 11) is -10.8. The second-order valence-electron chi connectivity index (χ2n) is 17.1. The molecule has 0 aliphatic heterocycles. The molecule has 10 atom stereocenters. The number of carbonyl (C=O) groups is 2. The number of phosphoric ester groups is 2. The van der Waals surface area contributed by atoms with Gasteiger partial charge >= 0.3 is 27.6 Å². The van der Waals surface area contributed by atoms with Gasteiger partial charge < -0.3 is 54.8 Å². The third-order valence-electron chi connectivity index (χ3n) is 11.0. The Bertz CT molecular complexity index is 1640. The van der Waals surface area contributed by atoms with Crippen molar-refractivity contribution in [2.75, 3.05) is 13.2 Å². The minimum Gasteiger partial charge on any atom is -0.462 e. The molecule has 1 rings (SSSR count). The van der Waals surface area contributed by atoms with Crippen LogP contribution in [0.3, 0.4) is 0 Å². The number of carbonyl (C=O) groups excluding carboxylic acids is 2. The van der Waals surface area contributed by atoms with E-state index in [2.05, 4.69) is 54.8 Å². The monoisotopic (exact) mass is 1020 g/mol. The Morgan fingerprint density at radius 1 is 0.522 bits per heavy atom. The smallest absolute Gasteiger partial charge is 0.462 e. The number of rotatable bonds is 40. The van der Waals surface area contributed by atoms with E-state index in [0.717, 1.165) is 64.2 Å². The van der Waals surface area contributed by atoms with E-state index in [1.54, 1.807) is 6.08 Å². The van der Waals surface area contributed by atoms with Crippen molar-refractivity contribution in [2.24, 2.45) is 0 Å². The maximum Gasteiger partial charge on any atom is 0.472 e. The molecule has 0 radical (unpaired) electrons. The van der Waals surface area contributed by atoms with Crippen LogP contribution in [0, 0.1) is 0 Å². The topological polar surface area (TPSA) is 296 Å². The van der Waals surface area contributed by atoms with Crippen molar-refractivity contribution in [3.8, 4) is 0 Å². The zero-order valence-electron chi connectivity index (χ0n) is 40.7. The fourth-order valence-electron chi connectivity index (χ4n) is 6.97. The van der Waals surface area contributed by atoms with Gasteiger partial charge in [-0.05, 0) is 77.0 Å². The average molecular weight is 1020 g/mol. The van der Waals surface area contributed by atoms with E-state index in [-0.39, 0.29) is 19.3 Å². The van der Waals surface area contributed by atoms with E-state index in [9.17, 15) is 64.0 Å². The largest absolute Gasteiger partial charge is 0.472 e. The standard InChI is InChI=1S/C49H84O18P2/c1-3-5-7-9-11-12-13-14-15-16-17-18-19-20-21-22-23-27-32-36-43(53)65-39(38-64-69(61,62)67-49-46(56)44(54)45(55)48(47(49)57)66-68(58,59)60)37-63-42(52)35-31-28-24-26-30-34-41(51)40(50)33-29-25-10-8-6-4-2/h11-12,14-15,17-18,20-21,23,25,27,29,39-41,44-51,54-57H,3-10,13,16,19,22,24,26,28,30-38H2,1-2H3,(H,61,62)(H2,58,59,60)/b12-11-,15-14-,18-17-,21-20-,27-23-,29-25-/t39-,40-,41-,44?,45?,46?,47?,48-,49+/m1/s1. The molecule has 69 heavy (non-hydrogen) atoms. The fourth-order valence-corrected chi connectivity index (χ4v) is 8.51. The van der Waals surface area contributed by atoms with E-state index in [1.165, 1.54) is 19.3 Å². The molecule has 1 aliphatic rings. The van der Waals surface area contributed by atoms with Gasteiger partial charge in [0.2, 0.25) is 0 Å². The van der Waals surface area contributed by atoms with Gasteiger partial charge in [-0.3, -0.25) is 23.2 Å². The summed E-state index contributed by atoms with van der Waals surface area (Å²) in [6.45, 7) is 2.83. The maximum atomic E-state index is 13.0. The lowest BCUT2D eigenvalue weighted by Gasteiger charge is -2.43. The van der Waals surface area contributed by atoms with Crippen LogP contribution in [0.2, 0.25) is 0 Å². The predicted molar refractivity (Wildman–Crippen MR) is 262 cm³/mol. The molecule has 0 aromatic carbocycles. The van der Waals surface area contributed by atoms with Crippen LogP contribution in [0.4, 0.5) is 0 Å². The van der Waals surface area contributed by atoms with Gasteiger partial charge in [-0.15, -0.1) is 0 Å². The second kappa shape index (κ2) is 39.0. The van der Waals surface area contributed by atoms with E-state index in [0.29, 0.717) is 38.5 Å². The van der Waals surface area contributed by atoms with E-state index >= 15 is 0 Å². The molecular formula is C49H84O18P2. The molecule has 18 nitrogen and oxygen atoms in total. The predicted octanol–water partition coefficient (Wildman–Crippen LogP) is 7.56. The summed E-state index contributed by atoms with van der Waals surface area (Å²) in [4.78, 5) is 54.3. The second-order valence-corrected chi connectivity index (χ2v) is 19.7. The zero-order chi connectivity index (χ0) is 51.3. The van der Waals surface area contributed by atoms with Crippen LogP contribution in [0.15, 0.2) is 72.9 Å². The van der Waals surface area contributed by atoms with Crippen LogP contribution in [-0.2, 0) is 41.8 Å². The van der Waals surface area contributed by atoms with Crippen LogP contribution >= 0.6 is 15.6 Å². The molecule has 0 amide bonds. The summed E-state index contributed by atoms with van der Waals surface area (Å²) >= 11 is 0. The van der Waals surface area contributed by atoms with Gasteiger partial charge in [0.05, 0.1) is 18.8 Å². The van der Waals surface area contributed by atoms with Crippen LogP contribution in [0.1, 0.15) is 155 Å². The fraction of sp³-hybridized carbons (Fsp3) is 0.714. The lowest BCUT2D eigenvalue weighted by atomic mass is 9.85. The molecule has 1 saturated carbocycles. The number of allylic oxidation sites excluding steroid dienone is 11. The van der Waals surface area contributed by atoms with E-state index in [4.69, 9.17) is 18.5 Å². The van der Waals surface area contributed by atoms with Crippen molar-refractivity contribution in [3.05, 3.63) is 72.9 Å². The van der Waals surface area contributed by atoms with Crippen LogP contribution < -0.4 is 0 Å². The molecule has 5 unspecified atom stereocenters. The first-order valence-electron chi connectivity index (χ1n) is 24.6. The van der Waals surface area contributed by atoms with Crippen molar-refractivity contribution in [3.63, 3.8) is 0 Å². The Kier molecular flexibility index (Phi) is 36.3. The van der Waals surface area contributed by atoms with Gasteiger partial charge in [0.15, 0.2) is 6.10 Å². The summed E-state index contributed by atoms with van der Waals surface area (Å²) in [5.41, 5.74) is 0. The van der Waals surface area contributed by atoms with Crippen LogP contribution in [0.5, 0.6) is 0 Å². The summed E-state index contributed by atoms with van der Waals surface area (Å²) in [6, 6.07) is 0. The summed E-state index contributed by atoms with van der Waals surface area (Å²) in [6.07, 6.45) is 24.5. The number of hydrogen-bond acceptors (Lipinski definition) is 15. The molecule has 1 aliphatic carbocycles. The molecule has 0 bridgehead atoms. The molecule has 0 saturated heterocycles. The minimum atomic E-state index is -5.39. The van der Waals surface area contributed by atoms with Gasteiger partial charge in [0.25, 0.3) is 0 Å². The molecule has 1 fully saturated rings.